The van der Waals surface area contributed by atoms with Gasteiger partial charge in [-0.3, -0.25) is 4.79 Å². The molecule has 0 spiro atoms. The molecular formula is C15H20N4O2. The Morgan fingerprint density at radius 1 is 1.57 bits per heavy atom. The first-order chi connectivity index (χ1) is 10.3. The van der Waals surface area contributed by atoms with Gasteiger partial charge in [-0.05, 0) is 30.9 Å². The van der Waals surface area contributed by atoms with Gasteiger partial charge in [-0.25, -0.2) is 4.98 Å². The zero-order valence-corrected chi connectivity index (χ0v) is 12.1. The van der Waals surface area contributed by atoms with Gasteiger partial charge < -0.3 is 15.4 Å². The topological polar surface area (TPSA) is 87.0 Å². The molecule has 2 N–H and O–H groups in total. The third-order valence-corrected chi connectivity index (χ3v) is 3.84. The highest BCUT2D eigenvalue weighted by Crippen LogP contribution is 2.25. The Hall–Kier alpha value is -2.13. The van der Waals surface area contributed by atoms with Crippen LogP contribution in [0.5, 0.6) is 0 Å². The van der Waals surface area contributed by atoms with Crippen LogP contribution in [0.4, 0.5) is 5.82 Å². The van der Waals surface area contributed by atoms with Crippen LogP contribution in [0.15, 0.2) is 18.3 Å². The number of rotatable bonds is 5. The number of aromatic nitrogens is 1. The minimum absolute atomic E-state index is 0.0174. The molecule has 1 fully saturated rings. The quantitative estimate of drug-likeness (QED) is 0.849. The highest BCUT2D eigenvalue weighted by Gasteiger charge is 2.29. The molecule has 2 rings (SSSR count). The van der Waals surface area contributed by atoms with Crippen LogP contribution >= 0.6 is 0 Å². The van der Waals surface area contributed by atoms with Crippen LogP contribution in [0.3, 0.4) is 0 Å². The first kappa shape index (κ1) is 15.3. The SMILES string of the molecule is CNC(=O)C(CNc1ncccc1C#N)C1CCOCC1. The van der Waals surface area contributed by atoms with E-state index in [1.54, 1.807) is 25.4 Å². The second-order valence-electron chi connectivity index (χ2n) is 5.06. The molecule has 6 nitrogen and oxygen atoms in total. The van der Waals surface area contributed by atoms with Crippen LogP contribution in [-0.2, 0) is 9.53 Å². The summed E-state index contributed by atoms with van der Waals surface area (Å²) in [6, 6.07) is 5.52. The minimum atomic E-state index is -0.146. The van der Waals surface area contributed by atoms with Crippen molar-refractivity contribution in [2.24, 2.45) is 11.8 Å². The minimum Gasteiger partial charge on any atom is -0.381 e. The average Bonchev–Trinajstić information content (AvgIpc) is 2.56. The van der Waals surface area contributed by atoms with Crippen LogP contribution in [0.2, 0.25) is 0 Å². The number of amides is 1. The molecule has 0 saturated carbocycles. The van der Waals surface area contributed by atoms with Gasteiger partial charge in [-0.1, -0.05) is 0 Å². The van der Waals surface area contributed by atoms with E-state index in [2.05, 4.69) is 21.7 Å². The summed E-state index contributed by atoms with van der Waals surface area (Å²) >= 11 is 0. The lowest BCUT2D eigenvalue weighted by Crippen LogP contribution is -2.39. The summed E-state index contributed by atoms with van der Waals surface area (Å²) in [6.07, 6.45) is 3.40. The van der Waals surface area contributed by atoms with Gasteiger partial charge >= 0.3 is 0 Å². The third kappa shape index (κ3) is 3.92. The number of anilines is 1. The fourth-order valence-corrected chi connectivity index (χ4v) is 2.62. The van der Waals surface area contributed by atoms with Crippen molar-refractivity contribution in [1.29, 1.82) is 5.26 Å². The predicted molar refractivity (Wildman–Crippen MR) is 78.5 cm³/mol. The van der Waals surface area contributed by atoms with E-state index >= 15 is 0 Å². The number of carbonyl (C=O) groups excluding carboxylic acids is 1. The lowest BCUT2D eigenvalue weighted by molar-refractivity contribution is -0.126. The molecule has 1 aromatic heterocycles. The third-order valence-electron chi connectivity index (χ3n) is 3.84. The zero-order valence-electron chi connectivity index (χ0n) is 12.1. The average molecular weight is 288 g/mol. The molecule has 1 unspecified atom stereocenters. The predicted octanol–water partition coefficient (Wildman–Crippen LogP) is 1.15. The number of nitriles is 1. The number of ether oxygens (including phenoxy) is 1. The maximum Gasteiger partial charge on any atom is 0.224 e. The Morgan fingerprint density at radius 2 is 2.33 bits per heavy atom. The number of hydrogen-bond donors (Lipinski definition) is 2. The molecule has 112 valence electrons. The molecule has 1 aromatic rings. The van der Waals surface area contributed by atoms with Gasteiger partial charge in [-0.15, -0.1) is 0 Å². The lowest BCUT2D eigenvalue weighted by atomic mass is 9.85. The summed E-state index contributed by atoms with van der Waals surface area (Å²) in [7, 11) is 1.65. The van der Waals surface area contributed by atoms with Crippen molar-refractivity contribution >= 4 is 11.7 Å². The molecular weight excluding hydrogens is 268 g/mol. The van der Waals surface area contributed by atoms with E-state index < -0.39 is 0 Å². The summed E-state index contributed by atoms with van der Waals surface area (Å²) in [4.78, 5) is 16.3. The number of hydrogen-bond acceptors (Lipinski definition) is 5. The number of nitrogens with zero attached hydrogens (tertiary/aromatic N) is 2. The molecule has 1 aliphatic heterocycles. The standard InChI is InChI=1S/C15H20N4O2/c1-17-15(20)13(11-4-7-21-8-5-11)10-19-14-12(9-16)3-2-6-18-14/h2-3,6,11,13H,4-5,7-8,10H2,1H3,(H,17,20)(H,18,19). The van der Waals surface area contributed by atoms with E-state index in [9.17, 15) is 4.79 Å². The molecule has 0 aliphatic carbocycles. The van der Waals surface area contributed by atoms with E-state index in [0.717, 1.165) is 12.8 Å². The van der Waals surface area contributed by atoms with E-state index in [0.29, 0.717) is 37.1 Å². The highest BCUT2D eigenvalue weighted by molar-refractivity contribution is 5.79. The van der Waals surface area contributed by atoms with E-state index in [-0.39, 0.29) is 11.8 Å². The molecule has 2 heterocycles. The van der Waals surface area contributed by atoms with Gasteiger partial charge in [0, 0.05) is 33.0 Å². The lowest BCUT2D eigenvalue weighted by Gasteiger charge is -2.29. The van der Waals surface area contributed by atoms with Crippen LogP contribution < -0.4 is 10.6 Å². The summed E-state index contributed by atoms with van der Waals surface area (Å²) in [5.74, 6) is 0.692. The molecule has 0 bridgehead atoms. The van der Waals surface area contributed by atoms with Gasteiger partial charge in [0.15, 0.2) is 0 Å². The van der Waals surface area contributed by atoms with Crippen LogP contribution in [0.25, 0.3) is 0 Å². The Kier molecular flexibility index (Phi) is 5.52. The van der Waals surface area contributed by atoms with Gasteiger partial charge in [-0.2, -0.15) is 5.26 Å². The monoisotopic (exact) mass is 288 g/mol. The summed E-state index contributed by atoms with van der Waals surface area (Å²) in [6.45, 7) is 1.87. The van der Waals surface area contributed by atoms with Crippen molar-refractivity contribution in [2.75, 3.05) is 32.1 Å². The second-order valence-corrected chi connectivity index (χ2v) is 5.06. The van der Waals surface area contributed by atoms with Crippen LogP contribution in [0.1, 0.15) is 18.4 Å². The normalized spacial score (nSPS) is 16.8. The van der Waals surface area contributed by atoms with Gasteiger partial charge in [0.1, 0.15) is 11.9 Å². The first-order valence-electron chi connectivity index (χ1n) is 7.14. The van der Waals surface area contributed by atoms with Gasteiger partial charge in [0.25, 0.3) is 0 Å². The molecule has 0 radical (unpaired) electrons. The number of pyridine rings is 1. The Morgan fingerprint density at radius 3 is 3.00 bits per heavy atom. The molecule has 1 aliphatic rings. The fraction of sp³-hybridized carbons (Fsp3) is 0.533. The largest absolute Gasteiger partial charge is 0.381 e. The number of carbonyl (C=O) groups is 1. The summed E-state index contributed by atoms with van der Waals surface area (Å²) in [5, 5.41) is 14.9. The van der Waals surface area contributed by atoms with Crippen molar-refractivity contribution in [1.82, 2.24) is 10.3 Å². The van der Waals surface area contributed by atoms with E-state index in [4.69, 9.17) is 10.00 Å². The molecule has 0 aromatic carbocycles. The van der Waals surface area contributed by atoms with E-state index in [1.807, 2.05) is 0 Å². The van der Waals surface area contributed by atoms with Gasteiger partial charge in [0.05, 0.1) is 11.5 Å². The first-order valence-corrected chi connectivity index (χ1v) is 7.14. The summed E-state index contributed by atoms with van der Waals surface area (Å²) < 4.78 is 5.36. The zero-order chi connectivity index (χ0) is 15.1. The maximum atomic E-state index is 12.1. The Balaban J connectivity index is 2.05. The van der Waals surface area contributed by atoms with Crippen molar-refractivity contribution < 1.29 is 9.53 Å². The molecule has 1 saturated heterocycles. The molecule has 6 heteroatoms. The van der Waals surface area contributed by atoms with E-state index in [1.165, 1.54) is 0 Å². The maximum absolute atomic E-state index is 12.1. The molecule has 1 atom stereocenters. The van der Waals surface area contributed by atoms with Crippen LogP contribution in [0, 0.1) is 23.2 Å². The molecule has 21 heavy (non-hydrogen) atoms. The number of nitrogens with one attached hydrogen (secondary N) is 2. The van der Waals surface area contributed by atoms with Crippen LogP contribution in [-0.4, -0.2) is 37.7 Å². The summed E-state index contributed by atoms with van der Waals surface area (Å²) in [5.41, 5.74) is 0.486. The smallest absolute Gasteiger partial charge is 0.224 e. The molecule has 1 amide bonds. The van der Waals surface area contributed by atoms with Gasteiger partial charge in [0.2, 0.25) is 5.91 Å². The fourth-order valence-electron chi connectivity index (χ4n) is 2.62. The van der Waals surface area contributed by atoms with Crippen molar-refractivity contribution in [2.45, 2.75) is 12.8 Å². The Labute approximate surface area is 124 Å². The van der Waals surface area contributed by atoms with Crippen molar-refractivity contribution in [3.63, 3.8) is 0 Å². The second kappa shape index (κ2) is 7.60. The Bertz CT molecular complexity index is 521. The van der Waals surface area contributed by atoms with Crippen molar-refractivity contribution in [3.8, 4) is 6.07 Å². The van der Waals surface area contributed by atoms with Crippen molar-refractivity contribution in [3.05, 3.63) is 23.9 Å². The highest BCUT2D eigenvalue weighted by atomic mass is 16.5.